The normalized spacial score (nSPS) is 12.1. The van der Waals surface area contributed by atoms with Crippen molar-refractivity contribution in [2.75, 3.05) is 13.2 Å². The van der Waals surface area contributed by atoms with Crippen LogP contribution in [-0.2, 0) is 28.6 Å². The number of allylic oxidation sites excluding steroid dienone is 4. The summed E-state index contributed by atoms with van der Waals surface area (Å²) in [6.07, 6.45) is 50.3. The van der Waals surface area contributed by atoms with Crippen LogP contribution in [0.25, 0.3) is 0 Å². The summed E-state index contributed by atoms with van der Waals surface area (Å²) in [6, 6.07) is 0. The second kappa shape index (κ2) is 45.6. The minimum atomic E-state index is -0.793. The van der Waals surface area contributed by atoms with Gasteiger partial charge in [0.25, 0.3) is 0 Å². The number of carbonyl (C=O) groups is 3. The van der Waals surface area contributed by atoms with Crippen molar-refractivity contribution in [3.8, 4) is 0 Å². The van der Waals surface area contributed by atoms with Gasteiger partial charge in [-0.1, -0.05) is 225 Å². The Morgan fingerprint density at radius 1 is 0.357 bits per heavy atom. The molecule has 0 heterocycles. The van der Waals surface area contributed by atoms with Crippen LogP contribution in [0.15, 0.2) is 24.3 Å². The van der Waals surface area contributed by atoms with Crippen LogP contribution in [0.3, 0.4) is 0 Å². The number of ether oxygens (including phenoxy) is 3. The van der Waals surface area contributed by atoms with Gasteiger partial charge in [0.05, 0.1) is 0 Å². The van der Waals surface area contributed by atoms with Gasteiger partial charge in [-0.15, -0.1) is 0 Å². The first-order valence-corrected chi connectivity index (χ1v) is 24.3. The van der Waals surface area contributed by atoms with Gasteiger partial charge in [-0.25, -0.2) is 0 Å². The monoisotopic (exact) mass is 789 g/mol. The smallest absolute Gasteiger partial charge is 0.306 e. The Bertz CT molecular complexity index is 911. The Kier molecular flexibility index (Phi) is 43.9. The first-order chi connectivity index (χ1) is 27.5. The molecular formula is C50H92O6. The van der Waals surface area contributed by atoms with Crippen LogP contribution in [0.2, 0.25) is 0 Å². The van der Waals surface area contributed by atoms with Crippen LogP contribution in [0.5, 0.6) is 0 Å². The number of rotatable bonds is 44. The summed E-state index contributed by atoms with van der Waals surface area (Å²) in [5, 5.41) is 0. The Balaban J connectivity index is 4.35. The van der Waals surface area contributed by atoms with E-state index in [1.165, 1.54) is 161 Å². The van der Waals surface area contributed by atoms with Gasteiger partial charge in [0, 0.05) is 19.3 Å². The number of hydrogen-bond donors (Lipinski definition) is 0. The summed E-state index contributed by atoms with van der Waals surface area (Å²) in [4.78, 5) is 37.7. The predicted octanol–water partition coefficient (Wildman–Crippen LogP) is 15.6. The molecule has 0 bridgehead atoms. The quantitative estimate of drug-likeness (QED) is 0.0265. The van der Waals surface area contributed by atoms with Crippen molar-refractivity contribution >= 4 is 17.9 Å². The predicted molar refractivity (Wildman–Crippen MR) is 238 cm³/mol. The van der Waals surface area contributed by atoms with Crippen molar-refractivity contribution in [2.45, 2.75) is 264 Å². The highest BCUT2D eigenvalue weighted by Gasteiger charge is 2.19. The molecule has 0 aliphatic rings. The Hall–Kier alpha value is -2.11. The fourth-order valence-corrected chi connectivity index (χ4v) is 7.02. The fraction of sp³-hybridized carbons (Fsp3) is 0.860. The molecule has 0 aromatic rings. The lowest BCUT2D eigenvalue weighted by Crippen LogP contribution is -2.30. The zero-order chi connectivity index (χ0) is 40.8. The van der Waals surface area contributed by atoms with Crippen molar-refractivity contribution in [3.63, 3.8) is 0 Å². The van der Waals surface area contributed by atoms with E-state index in [0.717, 1.165) is 51.4 Å². The maximum atomic E-state index is 12.7. The molecule has 0 saturated heterocycles. The molecule has 0 N–H and O–H groups in total. The van der Waals surface area contributed by atoms with Gasteiger partial charge in [0.1, 0.15) is 13.2 Å². The van der Waals surface area contributed by atoms with Crippen LogP contribution in [0.4, 0.5) is 0 Å². The number of carbonyl (C=O) groups excluding carboxylic acids is 3. The molecule has 1 atom stereocenters. The van der Waals surface area contributed by atoms with Gasteiger partial charge in [0.2, 0.25) is 0 Å². The van der Waals surface area contributed by atoms with E-state index in [1.807, 2.05) is 6.08 Å². The highest BCUT2D eigenvalue weighted by atomic mass is 16.6. The Labute approximate surface area is 347 Å². The topological polar surface area (TPSA) is 78.9 Å². The van der Waals surface area contributed by atoms with Gasteiger partial charge >= 0.3 is 17.9 Å². The lowest BCUT2D eigenvalue weighted by Gasteiger charge is -2.18. The fourth-order valence-electron chi connectivity index (χ4n) is 7.02. The molecule has 328 valence electrons. The molecule has 0 radical (unpaired) electrons. The zero-order valence-electron chi connectivity index (χ0n) is 37.4. The molecule has 0 aliphatic carbocycles. The van der Waals surface area contributed by atoms with E-state index in [0.29, 0.717) is 19.3 Å². The van der Waals surface area contributed by atoms with Crippen LogP contribution in [0.1, 0.15) is 258 Å². The van der Waals surface area contributed by atoms with E-state index in [9.17, 15) is 14.4 Å². The maximum Gasteiger partial charge on any atom is 0.306 e. The molecule has 1 unspecified atom stereocenters. The summed E-state index contributed by atoms with van der Waals surface area (Å²) in [5.74, 6) is -0.951. The third-order valence-electron chi connectivity index (χ3n) is 10.7. The van der Waals surface area contributed by atoms with Crippen molar-refractivity contribution in [1.82, 2.24) is 0 Å². The number of esters is 3. The van der Waals surface area contributed by atoms with E-state index in [1.54, 1.807) is 0 Å². The molecule has 0 spiro atoms. The number of hydrogen-bond acceptors (Lipinski definition) is 6. The van der Waals surface area contributed by atoms with Crippen LogP contribution < -0.4 is 0 Å². The summed E-state index contributed by atoms with van der Waals surface area (Å²) in [6.45, 7) is 6.58. The van der Waals surface area contributed by atoms with E-state index in [4.69, 9.17) is 14.2 Å². The first kappa shape index (κ1) is 53.9. The summed E-state index contributed by atoms with van der Waals surface area (Å²) < 4.78 is 16.7. The van der Waals surface area contributed by atoms with Crippen LogP contribution >= 0.6 is 0 Å². The maximum absolute atomic E-state index is 12.7. The molecule has 0 aromatic carbocycles. The van der Waals surface area contributed by atoms with Gasteiger partial charge in [-0.05, 0) is 38.5 Å². The van der Waals surface area contributed by atoms with Crippen molar-refractivity contribution < 1.29 is 28.6 Å². The lowest BCUT2D eigenvalue weighted by atomic mass is 10.0. The van der Waals surface area contributed by atoms with E-state index < -0.39 is 6.10 Å². The van der Waals surface area contributed by atoms with Gasteiger partial charge in [-0.3, -0.25) is 14.4 Å². The summed E-state index contributed by atoms with van der Waals surface area (Å²) in [7, 11) is 0. The average Bonchev–Trinajstić information content (AvgIpc) is 3.19. The molecule has 0 aromatic heterocycles. The minimum Gasteiger partial charge on any atom is -0.462 e. The molecule has 0 fully saturated rings. The molecular weight excluding hydrogens is 697 g/mol. The van der Waals surface area contributed by atoms with Crippen molar-refractivity contribution in [2.24, 2.45) is 0 Å². The molecule has 0 rings (SSSR count). The van der Waals surface area contributed by atoms with E-state index in [2.05, 4.69) is 39.0 Å². The highest BCUT2D eigenvalue weighted by molar-refractivity contribution is 5.71. The Morgan fingerprint density at radius 2 is 0.679 bits per heavy atom. The lowest BCUT2D eigenvalue weighted by molar-refractivity contribution is -0.166. The molecule has 6 nitrogen and oxygen atoms in total. The summed E-state index contributed by atoms with van der Waals surface area (Å²) in [5.41, 5.74) is 0. The van der Waals surface area contributed by atoms with Gasteiger partial charge in [0.15, 0.2) is 6.10 Å². The molecule has 0 aliphatic heterocycles. The third-order valence-corrected chi connectivity index (χ3v) is 10.7. The van der Waals surface area contributed by atoms with E-state index in [-0.39, 0.29) is 37.5 Å². The molecule has 6 heteroatoms. The number of unbranched alkanes of at least 4 members (excludes halogenated alkanes) is 29. The highest BCUT2D eigenvalue weighted by Crippen LogP contribution is 2.15. The third kappa shape index (κ3) is 43.0. The average molecular weight is 789 g/mol. The molecule has 0 saturated carbocycles. The van der Waals surface area contributed by atoms with Crippen molar-refractivity contribution in [3.05, 3.63) is 24.3 Å². The zero-order valence-corrected chi connectivity index (χ0v) is 37.4. The minimum absolute atomic E-state index is 0.0893. The van der Waals surface area contributed by atoms with Gasteiger partial charge in [-0.2, -0.15) is 0 Å². The molecule has 0 amide bonds. The van der Waals surface area contributed by atoms with Crippen molar-refractivity contribution in [1.29, 1.82) is 0 Å². The van der Waals surface area contributed by atoms with E-state index >= 15 is 0 Å². The second-order valence-corrected chi connectivity index (χ2v) is 16.4. The SMILES string of the molecule is CCCCCCCC/C=C\C/C=C\CCC(=O)OC(COC(=O)CCCCCCCCCCC)COC(=O)CCCCCCCCCCCCCCCCCC. The van der Waals surface area contributed by atoms with Crippen LogP contribution in [0, 0.1) is 0 Å². The largest absolute Gasteiger partial charge is 0.462 e. The van der Waals surface area contributed by atoms with Crippen LogP contribution in [-0.4, -0.2) is 37.2 Å². The second-order valence-electron chi connectivity index (χ2n) is 16.4. The Morgan fingerprint density at radius 3 is 1.05 bits per heavy atom. The standard InChI is InChI=1S/C50H92O6/c1-4-7-10-13-16-19-21-23-24-25-27-28-31-34-37-40-43-49(52)55-46-47(45-54-48(51)42-39-36-33-30-18-15-12-9-6-3)56-50(53)44-41-38-35-32-29-26-22-20-17-14-11-8-5-2/h26,29,35,38,47H,4-25,27-28,30-34,36-37,39-46H2,1-3H3/b29-26-,38-35-. The first-order valence-electron chi connectivity index (χ1n) is 24.3. The summed E-state index contributed by atoms with van der Waals surface area (Å²) >= 11 is 0. The van der Waals surface area contributed by atoms with Gasteiger partial charge < -0.3 is 14.2 Å². The molecule has 56 heavy (non-hydrogen) atoms.